The Morgan fingerprint density at radius 3 is 2.39 bits per heavy atom. The minimum atomic E-state index is -0.337. The van der Waals surface area contributed by atoms with E-state index >= 15 is 0 Å². The summed E-state index contributed by atoms with van der Waals surface area (Å²) in [5, 5.41) is 8.53. The zero-order valence-electron chi connectivity index (χ0n) is 15.8. The number of rotatable bonds is 6. The molecule has 0 fully saturated rings. The molecule has 0 spiro atoms. The Morgan fingerprint density at radius 1 is 0.964 bits per heavy atom. The fourth-order valence-corrected chi connectivity index (χ4v) is 2.45. The third-order valence-corrected chi connectivity index (χ3v) is 3.91. The molecule has 0 saturated carbocycles. The SMILES string of the molecule is CNc1cc(Oc2ccc(NC(=O)Nc3ccc(OC)cc3)c(C)c2)ncn1. The second-order valence-corrected chi connectivity index (χ2v) is 5.88. The Kier molecular flexibility index (Phi) is 5.91. The van der Waals surface area contributed by atoms with Gasteiger partial charge in [-0.1, -0.05) is 0 Å². The van der Waals surface area contributed by atoms with E-state index in [1.54, 1.807) is 56.6 Å². The van der Waals surface area contributed by atoms with Gasteiger partial charge >= 0.3 is 6.03 Å². The van der Waals surface area contributed by atoms with Crippen molar-refractivity contribution in [3.05, 3.63) is 60.4 Å². The van der Waals surface area contributed by atoms with Crippen molar-refractivity contribution < 1.29 is 14.3 Å². The van der Waals surface area contributed by atoms with Crippen molar-refractivity contribution in [3.8, 4) is 17.4 Å². The molecular formula is C20H21N5O3. The Balaban J connectivity index is 1.63. The van der Waals surface area contributed by atoms with Crippen LogP contribution in [0.2, 0.25) is 0 Å². The minimum Gasteiger partial charge on any atom is -0.497 e. The van der Waals surface area contributed by atoms with Crippen molar-refractivity contribution in [2.75, 3.05) is 30.1 Å². The molecule has 0 unspecified atom stereocenters. The number of benzene rings is 2. The van der Waals surface area contributed by atoms with Gasteiger partial charge in [-0.3, -0.25) is 0 Å². The molecule has 28 heavy (non-hydrogen) atoms. The highest BCUT2D eigenvalue weighted by molar-refractivity contribution is 6.00. The first-order chi connectivity index (χ1) is 13.6. The molecule has 0 aliphatic rings. The van der Waals surface area contributed by atoms with Crippen LogP contribution in [0.25, 0.3) is 0 Å². The second kappa shape index (κ2) is 8.72. The summed E-state index contributed by atoms with van der Waals surface area (Å²) >= 11 is 0. The van der Waals surface area contributed by atoms with E-state index in [0.717, 1.165) is 11.3 Å². The standard InChI is InChI=1S/C20H21N5O3/c1-13-10-16(28-19-11-18(21-2)22-12-23-19)8-9-17(13)25-20(26)24-14-4-6-15(27-3)7-5-14/h4-12H,1-3H3,(H,21,22,23)(H2,24,25,26). The van der Waals surface area contributed by atoms with Crippen LogP contribution in [0.5, 0.6) is 17.4 Å². The number of aromatic nitrogens is 2. The van der Waals surface area contributed by atoms with Gasteiger partial charge in [0, 0.05) is 24.5 Å². The summed E-state index contributed by atoms with van der Waals surface area (Å²) in [7, 11) is 3.36. The number of aryl methyl sites for hydroxylation is 1. The van der Waals surface area contributed by atoms with Crippen LogP contribution < -0.4 is 25.4 Å². The van der Waals surface area contributed by atoms with Gasteiger partial charge in [0.25, 0.3) is 0 Å². The average Bonchev–Trinajstić information content (AvgIpc) is 2.71. The number of nitrogens with zero attached hydrogens (tertiary/aromatic N) is 2. The van der Waals surface area contributed by atoms with E-state index in [1.165, 1.54) is 6.33 Å². The number of urea groups is 1. The minimum absolute atomic E-state index is 0.337. The zero-order chi connectivity index (χ0) is 19.9. The summed E-state index contributed by atoms with van der Waals surface area (Å²) in [6.45, 7) is 1.88. The topological polar surface area (TPSA) is 97.4 Å². The van der Waals surface area contributed by atoms with Gasteiger partial charge < -0.3 is 25.4 Å². The number of amides is 2. The number of hydrogen-bond donors (Lipinski definition) is 3. The van der Waals surface area contributed by atoms with Gasteiger partial charge in [0.05, 0.1) is 7.11 Å². The quantitative estimate of drug-likeness (QED) is 0.592. The normalized spacial score (nSPS) is 10.1. The van der Waals surface area contributed by atoms with Gasteiger partial charge in [0.1, 0.15) is 23.6 Å². The van der Waals surface area contributed by atoms with Crippen LogP contribution >= 0.6 is 0 Å². The van der Waals surface area contributed by atoms with Crippen molar-refractivity contribution >= 4 is 23.2 Å². The van der Waals surface area contributed by atoms with E-state index in [9.17, 15) is 4.79 Å². The van der Waals surface area contributed by atoms with Crippen LogP contribution in [-0.2, 0) is 0 Å². The lowest BCUT2D eigenvalue weighted by Gasteiger charge is -2.12. The van der Waals surface area contributed by atoms with Gasteiger partial charge in [-0.25, -0.2) is 14.8 Å². The largest absolute Gasteiger partial charge is 0.497 e. The molecule has 8 nitrogen and oxygen atoms in total. The van der Waals surface area contributed by atoms with Crippen molar-refractivity contribution in [3.63, 3.8) is 0 Å². The van der Waals surface area contributed by atoms with Crippen molar-refractivity contribution in [1.82, 2.24) is 9.97 Å². The summed E-state index contributed by atoms with van der Waals surface area (Å²) in [6.07, 6.45) is 1.42. The smallest absolute Gasteiger partial charge is 0.323 e. The molecular weight excluding hydrogens is 358 g/mol. The van der Waals surface area contributed by atoms with Crippen molar-refractivity contribution in [2.24, 2.45) is 0 Å². The predicted molar refractivity (Wildman–Crippen MR) is 108 cm³/mol. The van der Waals surface area contributed by atoms with Crippen LogP contribution in [0, 0.1) is 6.92 Å². The molecule has 0 bridgehead atoms. The van der Waals surface area contributed by atoms with Gasteiger partial charge in [-0.2, -0.15) is 0 Å². The van der Waals surface area contributed by atoms with E-state index in [-0.39, 0.29) is 6.03 Å². The predicted octanol–water partition coefficient (Wildman–Crippen LogP) is 4.27. The first kappa shape index (κ1) is 19.0. The van der Waals surface area contributed by atoms with Gasteiger partial charge in [0.2, 0.25) is 5.88 Å². The van der Waals surface area contributed by atoms with Gasteiger partial charge in [-0.15, -0.1) is 0 Å². The number of hydrogen-bond acceptors (Lipinski definition) is 6. The molecule has 0 atom stereocenters. The molecule has 2 aromatic carbocycles. The zero-order valence-corrected chi connectivity index (χ0v) is 15.8. The number of carbonyl (C=O) groups excluding carboxylic acids is 1. The van der Waals surface area contributed by atoms with Crippen LogP contribution in [0.3, 0.4) is 0 Å². The van der Waals surface area contributed by atoms with E-state index < -0.39 is 0 Å². The van der Waals surface area contributed by atoms with Crippen molar-refractivity contribution in [2.45, 2.75) is 6.92 Å². The molecule has 2 amide bonds. The number of nitrogens with one attached hydrogen (secondary N) is 3. The Bertz CT molecular complexity index is 960. The number of anilines is 3. The van der Waals surface area contributed by atoms with E-state index in [0.29, 0.717) is 28.8 Å². The van der Waals surface area contributed by atoms with Crippen molar-refractivity contribution in [1.29, 1.82) is 0 Å². The average molecular weight is 379 g/mol. The summed E-state index contributed by atoms with van der Waals surface area (Å²) < 4.78 is 10.8. The van der Waals surface area contributed by atoms with Crippen LogP contribution in [0.15, 0.2) is 54.9 Å². The first-order valence-electron chi connectivity index (χ1n) is 8.58. The van der Waals surface area contributed by atoms with E-state index in [4.69, 9.17) is 9.47 Å². The highest BCUT2D eigenvalue weighted by Crippen LogP contribution is 2.26. The molecule has 3 aromatic rings. The third-order valence-electron chi connectivity index (χ3n) is 3.91. The maximum Gasteiger partial charge on any atom is 0.323 e. The Morgan fingerprint density at radius 2 is 1.71 bits per heavy atom. The maximum absolute atomic E-state index is 12.2. The molecule has 0 radical (unpaired) electrons. The van der Waals surface area contributed by atoms with E-state index in [2.05, 4.69) is 25.9 Å². The summed E-state index contributed by atoms with van der Waals surface area (Å²) in [5.41, 5.74) is 2.20. The lowest BCUT2D eigenvalue weighted by Crippen LogP contribution is -2.19. The van der Waals surface area contributed by atoms with Gasteiger partial charge in [-0.05, 0) is 55.0 Å². The highest BCUT2D eigenvalue weighted by atomic mass is 16.5. The van der Waals surface area contributed by atoms with Crippen LogP contribution in [0.4, 0.5) is 22.0 Å². The molecule has 0 aliphatic heterocycles. The van der Waals surface area contributed by atoms with Crippen LogP contribution in [-0.4, -0.2) is 30.2 Å². The van der Waals surface area contributed by atoms with Gasteiger partial charge in [0.15, 0.2) is 0 Å². The molecule has 3 rings (SSSR count). The second-order valence-electron chi connectivity index (χ2n) is 5.88. The first-order valence-corrected chi connectivity index (χ1v) is 8.58. The maximum atomic E-state index is 12.2. The Labute approximate surface area is 162 Å². The highest BCUT2D eigenvalue weighted by Gasteiger charge is 2.08. The lowest BCUT2D eigenvalue weighted by molar-refractivity contribution is 0.262. The number of carbonyl (C=O) groups is 1. The summed E-state index contributed by atoms with van der Waals surface area (Å²) in [4.78, 5) is 20.4. The summed E-state index contributed by atoms with van der Waals surface area (Å²) in [5.74, 6) is 2.43. The lowest BCUT2D eigenvalue weighted by atomic mass is 10.2. The van der Waals surface area contributed by atoms with Crippen LogP contribution in [0.1, 0.15) is 5.56 Å². The Hall–Kier alpha value is -3.81. The molecule has 1 aromatic heterocycles. The fourth-order valence-electron chi connectivity index (χ4n) is 2.45. The fraction of sp³-hybridized carbons (Fsp3) is 0.150. The molecule has 144 valence electrons. The third kappa shape index (κ3) is 4.88. The molecule has 3 N–H and O–H groups in total. The summed E-state index contributed by atoms with van der Waals surface area (Å²) in [6, 6.07) is 13.8. The molecule has 0 saturated heterocycles. The number of methoxy groups -OCH3 is 1. The molecule has 0 aliphatic carbocycles. The molecule has 1 heterocycles. The van der Waals surface area contributed by atoms with E-state index in [1.807, 2.05) is 13.0 Å². The molecule has 8 heteroatoms. The monoisotopic (exact) mass is 379 g/mol. The number of ether oxygens (including phenoxy) is 2.